The standard InChI is InChI=1S/C15H19N3O2S2/c1-11(2)21-15-18-17-14(22-15)16-13(19)9-6-10-20-12-7-4-3-5-8-12/h3-5,7-8,11H,6,9-10H2,1-2H3,(H,16,17,19). The Morgan fingerprint density at radius 2 is 2.09 bits per heavy atom. The van der Waals surface area contributed by atoms with E-state index in [2.05, 4.69) is 29.4 Å². The number of hydrogen-bond donors (Lipinski definition) is 1. The first-order valence-electron chi connectivity index (χ1n) is 7.11. The lowest BCUT2D eigenvalue weighted by Crippen LogP contribution is -2.12. The van der Waals surface area contributed by atoms with Gasteiger partial charge >= 0.3 is 0 Å². The van der Waals surface area contributed by atoms with Crippen LogP contribution in [0.1, 0.15) is 26.7 Å². The van der Waals surface area contributed by atoms with Crippen LogP contribution in [0.15, 0.2) is 34.7 Å². The lowest BCUT2D eigenvalue weighted by Gasteiger charge is -2.05. The number of aromatic nitrogens is 2. The van der Waals surface area contributed by atoms with Crippen LogP contribution in [-0.2, 0) is 4.79 Å². The van der Waals surface area contributed by atoms with Crippen LogP contribution in [0.25, 0.3) is 0 Å². The summed E-state index contributed by atoms with van der Waals surface area (Å²) < 4.78 is 6.42. The zero-order chi connectivity index (χ0) is 15.8. The number of carbonyl (C=O) groups is 1. The molecule has 0 aliphatic carbocycles. The Morgan fingerprint density at radius 1 is 1.32 bits per heavy atom. The van der Waals surface area contributed by atoms with Gasteiger partial charge in [-0.1, -0.05) is 55.1 Å². The van der Waals surface area contributed by atoms with Crippen molar-refractivity contribution in [3.8, 4) is 5.75 Å². The van der Waals surface area contributed by atoms with E-state index in [0.29, 0.717) is 29.8 Å². The highest BCUT2D eigenvalue weighted by Crippen LogP contribution is 2.28. The number of thioether (sulfide) groups is 1. The molecule has 22 heavy (non-hydrogen) atoms. The van der Waals surface area contributed by atoms with Crippen molar-refractivity contribution in [1.82, 2.24) is 10.2 Å². The average Bonchev–Trinajstić information content (AvgIpc) is 2.91. The van der Waals surface area contributed by atoms with Crippen LogP contribution in [0, 0.1) is 0 Å². The molecule has 7 heteroatoms. The molecule has 1 aromatic heterocycles. The smallest absolute Gasteiger partial charge is 0.226 e. The molecule has 1 heterocycles. The summed E-state index contributed by atoms with van der Waals surface area (Å²) in [4.78, 5) is 11.8. The molecule has 0 bridgehead atoms. The van der Waals surface area contributed by atoms with Crippen molar-refractivity contribution in [2.45, 2.75) is 36.3 Å². The number of hydrogen-bond acceptors (Lipinski definition) is 6. The van der Waals surface area contributed by atoms with Gasteiger partial charge in [0.05, 0.1) is 6.61 Å². The van der Waals surface area contributed by atoms with Crippen molar-refractivity contribution < 1.29 is 9.53 Å². The van der Waals surface area contributed by atoms with Gasteiger partial charge < -0.3 is 10.1 Å². The van der Waals surface area contributed by atoms with Gasteiger partial charge in [0, 0.05) is 11.7 Å². The van der Waals surface area contributed by atoms with Crippen molar-refractivity contribution >= 4 is 34.1 Å². The monoisotopic (exact) mass is 337 g/mol. The Bertz CT molecular complexity index is 587. The summed E-state index contributed by atoms with van der Waals surface area (Å²) in [5, 5.41) is 11.8. The Labute approximate surface area is 138 Å². The van der Waals surface area contributed by atoms with E-state index in [1.54, 1.807) is 11.8 Å². The van der Waals surface area contributed by atoms with Crippen LogP contribution in [0.4, 0.5) is 5.13 Å². The number of nitrogens with zero attached hydrogens (tertiary/aromatic N) is 2. The molecule has 0 fully saturated rings. The molecule has 1 N–H and O–H groups in total. The number of nitrogens with one attached hydrogen (secondary N) is 1. The number of anilines is 1. The van der Waals surface area contributed by atoms with Crippen LogP contribution < -0.4 is 10.1 Å². The van der Waals surface area contributed by atoms with E-state index in [0.717, 1.165) is 10.1 Å². The minimum atomic E-state index is -0.0612. The lowest BCUT2D eigenvalue weighted by atomic mass is 10.3. The summed E-state index contributed by atoms with van der Waals surface area (Å²) in [6, 6.07) is 9.58. The molecule has 1 amide bonds. The maximum absolute atomic E-state index is 11.8. The molecule has 0 radical (unpaired) electrons. The summed E-state index contributed by atoms with van der Waals surface area (Å²) >= 11 is 3.04. The van der Waals surface area contributed by atoms with Crippen LogP contribution in [-0.4, -0.2) is 28.0 Å². The summed E-state index contributed by atoms with van der Waals surface area (Å²) in [5.41, 5.74) is 0. The quantitative estimate of drug-likeness (QED) is 0.450. The number of carbonyl (C=O) groups excluding carboxylic acids is 1. The SMILES string of the molecule is CC(C)Sc1nnc(NC(=O)CCCOc2ccccc2)s1. The van der Waals surface area contributed by atoms with Gasteiger partial charge in [-0.2, -0.15) is 0 Å². The third kappa shape index (κ3) is 6.03. The average molecular weight is 337 g/mol. The van der Waals surface area contributed by atoms with E-state index in [1.165, 1.54) is 11.3 Å². The van der Waals surface area contributed by atoms with E-state index >= 15 is 0 Å². The second-order valence-corrected chi connectivity index (χ2v) is 7.65. The Hall–Kier alpha value is -1.60. The molecule has 5 nitrogen and oxygen atoms in total. The fourth-order valence-corrected chi connectivity index (χ4v) is 3.62. The van der Waals surface area contributed by atoms with Gasteiger partial charge in [-0.05, 0) is 18.6 Å². The lowest BCUT2D eigenvalue weighted by molar-refractivity contribution is -0.116. The van der Waals surface area contributed by atoms with Gasteiger partial charge in [-0.25, -0.2) is 0 Å². The highest BCUT2D eigenvalue weighted by molar-refractivity contribution is 8.01. The van der Waals surface area contributed by atoms with E-state index in [1.807, 2.05) is 30.3 Å². The minimum Gasteiger partial charge on any atom is -0.494 e. The van der Waals surface area contributed by atoms with E-state index in [-0.39, 0.29) is 5.91 Å². The highest BCUT2D eigenvalue weighted by atomic mass is 32.2. The summed E-state index contributed by atoms with van der Waals surface area (Å²) in [6.45, 7) is 4.70. The van der Waals surface area contributed by atoms with E-state index in [4.69, 9.17) is 4.74 Å². The number of para-hydroxylation sites is 1. The van der Waals surface area contributed by atoms with Crippen molar-refractivity contribution in [2.75, 3.05) is 11.9 Å². The predicted octanol–water partition coefficient (Wildman–Crippen LogP) is 3.84. The molecule has 0 unspecified atom stereocenters. The minimum absolute atomic E-state index is 0.0612. The zero-order valence-corrected chi connectivity index (χ0v) is 14.2. The van der Waals surface area contributed by atoms with Crippen molar-refractivity contribution in [1.29, 1.82) is 0 Å². The first kappa shape index (κ1) is 16.8. The normalized spacial score (nSPS) is 10.7. The summed E-state index contributed by atoms with van der Waals surface area (Å²) in [6.07, 6.45) is 1.06. The molecule has 0 spiro atoms. The molecule has 2 rings (SSSR count). The summed E-state index contributed by atoms with van der Waals surface area (Å²) in [5.74, 6) is 0.760. The number of benzene rings is 1. The first-order chi connectivity index (χ1) is 10.6. The fourth-order valence-electron chi connectivity index (χ4n) is 1.63. The number of amides is 1. The van der Waals surface area contributed by atoms with Crippen molar-refractivity contribution in [2.24, 2.45) is 0 Å². The molecular formula is C15H19N3O2S2. The second-order valence-electron chi connectivity index (χ2n) is 4.85. The Kier molecular flexibility index (Phi) is 6.67. The number of rotatable bonds is 8. The van der Waals surface area contributed by atoms with Crippen LogP contribution >= 0.6 is 23.1 Å². The maximum Gasteiger partial charge on any atom is 0.226 e. The van der Waals surface area contributed by atoms with Gasteiger partial charge in [0.1, 0.15) is 5.75 Å². The summed E-state index contributed by atoms with van der Waals surface area (Å²) in [7, 11) is 0. The molecule has 118 valence electrons. The third-order valence-electron chi connectivity index (χ3n) is 2.55. The van der Waals surface area contributed by atoms with Gasteiger partial charge in [-0.3, -0.25) is 4.79 Å². The zero-order valence-electron chi connectivity index (χ0n) is 12.6. The van der Waals surface area contributed by atoms with Crippen LogP contribution in [0.5, 0.6) is 5.75 Å². The third-order valence-corrected chi connectivity index (χ3v) is 4.48. The maximum atomic E-state index is 11.8. The van der Waals surface area contributed by atoms with Crippen LogP contribution in [0.3, 0.4) is 0 Å². The number of ether oxygens (including phenoxy) is 1. The van der Waals surface area contributed by atoms with Gasteiger partial charge in [0.25, 0.3) is 0 Å². The Balaban J connectivity index is 1.66. The van der Waals surface area contributed by atoms with Crippen LogP contribution in [0.2, 0.25) is 0 Å². The molecule has 0 atom stereocenters. The van der Waals surface area contributed by atoms with Crippen molar-refractivity contribution in [3.63, 3.8) is 0 Å². The van der Waals surface area contributed by atoms with Gasteiger partial charge in [0.15, 0.2) is 4.34 Å². The fraction of sp³-hybridized carbons (Fsp3) is 0.400. The second kappa shape index (κ2) is 8.75. The molecule has 0 saturated carbocycles. The van der Waals surface area contributed by atoms with Gasteiger partial charge in [0.2, 0.25) is 11.0 Å². The van der Waals surface area contributed by atoms with Gasteiger partial charge in [-0.15, -0.1) is 10.2 Å². The van der Waals surface area contributed by atoms with Crippen molar-refractivity contribution in [3.05, 3.63) is 30.3 Å². The molecule has 0 aliphatic heterocycles. The molecule has 0 saturated heterocycles. The predicted molar refractivity (Wildman–Crippen MR) is 90.7 cm³/mol. The van der Waals surface area contributed by atoms with E-state index < -0.39 is 0 Å². The largest absolute Gasteiger partial charge is 0.494 e. The molecular weight excluding hydrogens is 318 g/mol. The molecule has 0 aliphatic rings. The van der Waals surface area contributed by atoms with E-state index in [9.17, 15) is 4.79 Å². The Morgan fingerprint density at radius 3 is 2.82 bits per heavy atom. The first-order valence-corrected chi connectivity index (χ1v) is 8.81. The molecule has 1 aromatic carbocycles. The highest BCUT2D eigenvalue weighted by Gasteiger charge is 2.09. The molecule has 2 aromatic rings. The topological polar surface area (TPSA) is 64.1 Å².